The Morgan fingerprint density at radius 3 is 2.09 bits per heavy atom. The molecule has 0 saturated carbocycles. The molecule has 0 heterocycles. The van der Waals surface area contributed by atoms with E-state index in [1.54, 1.807) is 6.92 Å². The number of hydrogen-bond acceptors (Lipinski definition) is 5. The Kier molecular flexibility index (Phi) is 7.85. The summed E-state index contributed by atoms with van der Waals surface area (Å²) in [6.07, 6.45) is -4.56. The normalized spacial score (nSPS) is 11.8. The van der Waals surface area contributed by atoms with Crippen molar-refractivity contribution < 1.29 is 45.8 Å². The summed E-state index contributed by atoms with van der Waals surface area (Å²) in [4.78, 5) is 38.0. The van der Waals surface area contributed by atoms with E-state index in [0.717, 1.165) is 18.4 Å². The topological polar surface area (TPSA) is 69.7 Å². The van der Waals surface area contributed by atoms with Gasteiger partial charge in [0.15, 0.2) is 5.78 Å². The van der Waals surface area contributed by atoms with Crippen molar-refractivity contribution in [3.8, 4) is 0 Å². The minimum atomic E-state index is -5.39. The monoisotopic (exact) mass is 456 g/mol. The SMILES string of the molecule is CCOC=C(C(=O)OCC)C(=O)c1ccccc1C(=O)c1ccc(F)c(C(F)(F)F)c1F. The van der Waals surface area contributed by atoms with Crippen molar-refractivity contribution in [1.29, 1.82) is 0 Å². The molecule has 0 aliphatic heterocycles. The van der Waals surface area contributed by atoms with E-state index in [0.29, 0.717) is 12.1 Å². The molecule has 2 rings (SSSR count). The molecule has 0 spiro atoms. The van der Waals surface area contributed by atoms with Crippen molar-refractivity contribution in [2.75, 3.05) is 13.2 Å². The third kappa shape index (κ3) is 5.19. The molecule has 0 N–H and O–H groups in total. The molecule has 0 atom stereocenters. The third-order valence-electron chi connectivity index (χ3n) is 4.14. The summed E-state index contributed by atoms with van der Waals surface area (Å²) in [7, 11) is 0. The van der Waals surface area contributed by atoms with Crippen LogP contribution in [-0.2, 0) is 20.4 Å². The summed E-state index contributed by atoms with van der Waals surface area (Å²) in [6, 6.07) is 5.66. The Labute approximate surface area is 179 Å². The summed E-state index contributed by atoms with van der Waals surface area (Å²) >= 11 is 0. The smallest absolute Gasteiger partial charge is 0.422 e. The van der Waals surface area contributed by atoms with Gasteiger partial charge in [-0.25, -0.2) is 13.6 Å². The molecule has 0 radical (unpaired) electrons. The number of Topliss-reactive ketones (excluding diaryl/α,β-unsaturated/α-hetero) is 1. The number of rotatable bonds is 8. The van der Waals surface area contributed by atoms with Crippen molar-refractivity contribution in [3.63, 3.8) is 0 Å². The molecule has 0 amide bonds. The number of carbonyl (C=O) groups excluding carboxylic acids is 3. The molecule has 5 nitrogen and oxygen atoms in total. The van der Waals surface area contributed by atoms with Gasteiger partial charge in [0.1, 0.15) is 29.0 Å². The molecule has 2 aromatic rings. The van der Waals surface area contributed by atoms with E-state index in [-0.39, 0.29) is 13.2 Å². The van der Waals surface area contributed by atoms with E-state index in [1.807, 2.05) is 0 Å². The van der Waals surface area contributed by atoms with E-state index in [9.17, 15) is 36.3 Å². The lowest BCUT2D eigenvalue weighted by molar-refractivity contribution is -0.142. The first kappa shape index (κ1) is 24.7. The van der Waals surface area contributed by atoms with Gasteiger partial charge < -0.3 is 9.47 Å². The van der Waals surface area contributed by atoms with Crippen LogP contribution in [0.3, 0.4) is 0 Å². The third-order valence-corrected chi connectivity index (χ3v) is 4.14. The van der Waals surface area contributed by atoms with Crippen LogP contribution in [0.25, 0.3) is 0 Å². The Morgan fingerprint density at radius 1 is 0.906 bits per heavy atom. The highest BCUT2D eigenvalue weighted by Gasteiger charge is 2.40. The number of benzene rings is 2. The highest BCUT2D eigenvalue weighted by atomic mass is 19.4. The van der Waals surface area contributed by atoms with Crippen LogP contribution in [0.15, 0.2) is 48.2 Å². The summed E-state index contributed by atoms with van der Waals surface area (Å²) in [6.45, 7) is 3.10. The molecule has 0 aliphatic rings. The standard InChI is InChI=1S/C22H17F5O5/c1-3-31-11-15(21(30)32-4-2)20(29)13-8-6-5-7-12(13)19(28)14-9-10-16(23)17(18(14)24)22(25,26)27/h5-11H,3-4H2,1-2H3. The zero-order chi connectivity index (χ0) is 24.1. The second kappa shape index (κ2) is 10.2. The first-order chi connectivity index (χ1) is 15.0. The number of carbonyl (C=O) groups is 3. The second-order valence-corrected chi connectivity index (χ2v) is 6.19. The first-order valence-corrected chi connectivity index (χ1v) is 9.27. The average Bonchev–Trinajstić information content (AvgIpc) is 2.72. The Balaban J connectivity index is 2.61. The number of alkyl halides is 3. The number of esters is 1. The van der Waals surface area contributed by atoms with Crippen LogP contribution in [0.1, 0.15) is 45.7 Å². The van der Waals surface area contributed by atoms with E-state index in [1.165, 1.54) is 19.1 Å². The molecule has 32 heavy (non-hydrogen) atoms. The molecule has 0 bridgehead atoms. The molecule has 0 aliphatic carbocycles. The number of halogens is 5. The van der Waals surface area contributed by atoms with Gasteiger partial charge in [0.2, 0.25) is 5.78 Å². The Morgan fingerprint density at radius 2 is 1.53 bits per heavy atom. The summed E-state index contributed by atoms with van der Waals surface area (Å²) in [5.41, 5.74) is -4.80. The maximum absolute atomic E-state index is 14.5. The van der Waals surface area contributed by atoms with Crippen LogP contribution in [-0.4, -0.2) is 30.7 Å². The molecule has 0 saturated heterocycles. The fourth-order valence-electron chi connectivity index (χ4n) is 2.73. The first-order valence-electron chi connectivity index (χ1n) is 9.27. The molecule has 0 unspecified atom stereocenters. The van der Waals surface area contributed by atoms with Gasteiger partial charge in [-0.15, -0.1) is 0 Å². The van der Waals surface area contributed by atoms with Gasteiger partial charge in [-0.2, -0.15) is 13.2 Å². The summed E-state index contributed by atoms with van der Waals surface area (Å²) < 4.78 is 76.9. The Hall–Kier alpha value is -3.56. The number of hydrogen-bond donors (Lipinski definition) is 0. The van der Waals surface area contributed by atoms with Crippen LogP contribution in [0.5, 0.6) is 0 Å². The van der Waals surface area contributed by atoms with E-state index >= 15 is 0 Å². The van der Waals surface area contributed by atoms with Gasteiger partial charge in [0.25, 0.3) is 0 Å². The van der Waals surface area contributed by atoms with Crippen molar-refractivity contribution >= 4 is 17.5 Å². The van der Waals surface area contributed by atoms with Gasteiger partial charge in [-0.1, -0.05) is 24.3 Å². The minimum absolute atomic E-state index is 0.0723. The van der Waals surface area contributed by atoms with E-state index in [4.69, 9.17) is 9.47 Å². The van der Waals surface area contributed by atoms with E-state index in [2.05, 4.69) is 0 Å². The fraction of sp³-hybridized carbons (Fsp3) is 0.227. The molecule has 2 aromatic carbocycles. The summed E-state index contributed by atoms with van der Waals surface area (Å²) in [5, 5.41) is 0. The van der Waals surface area contributed by atoms with Gasteiger partial charge in [0.05, 0.1) is 18.8 Å². The van der Waals surface area contributed by atoms with Crippen molar-refractivity contribution in [3.05, 3.63) is 82.1 Å². The largest absolute Gasteiger partial charge is 0.500 e. The number of ketones is 2. The molecule has 170 valence electrons. The van der Waals surface area contributed by atoms with Gasteiger partial charge in [-0.3, -0.25) is 9.59 Å². The lowest BCUT2D eigenvalue weighted by Crippen LogP contribution is -2.20. The van der Waals surface area contributed by atoms with Gasteiger partial charge in [0, 0.05) is 11.1 Å². The maximum Gasteiger partial charge on any atom is 0.422 e. The van der Waals surface area contributed by atoms with Crippen LogP contribution >= 0.6 is 0 Å². The second-order valence-electron chi connectivity index (χ2n) is 6.19. The van der Waals surface area contributed by atoms with Gasteiger partial charge >= 0.3 is 12.1 Å². The number of ether oxygens (including phenoxy) is 2. The van der Waals surface area contributed by atoms with Gasteiger partial charge in [-0.05, 0) is 26.0 Å². The molecule has 0 fully saturated rings. The predicted octanol–water partition coefficient (Wildman–Crippen LogP) is 4.88. The highest BCUT2D eigenvalue weighted by molar-refractivity contribution is 6.27. The lowest BCUT2D eigenvalue weighted by atomic mass is 9.92. The zero-order valence-electron chi connectivity index (χ0n) is 16.9. The minimum Gasteiger partial charge on any atom is -0.500 e. The highest BCUT2D eigenvalue weighted by Crippen LogP contribution is 2.35. The van der Waals surface area contributed by atoms with Crippen molar-refractivity contribution in [2.45, 2.75) is 20.0 Å². The Bertz CT molecular complexity index is 1070. The lowest BCUT2D eigenvalue weighted by Gasteiger charge is -2.13. The molecular weight excluding hydrogens is 439 g/mol. The molecule has 10 heteroatoms. The zero-order valence-corrected chi connectivity index (χ0v) is 16.9. The van der Waals surface area contributed by atoms with E-state index < -0.39 is 63.2 Å². The maximum atomic E-state index is 14.5. The molecular formula is C22H17F5O5. The average molecular weight is 456 g/mol. The van der Waals surface area contributed by atoms with Crippen LogP contribution in [0.4, 0.5) is 22.0 Å². The quantitative estimate of drug-likeness (QED) is 0.108. The fourth-order valence-corrected chi connectivity index (χ4v) is 2.73. The van der Waals surface area contributed by atoms with Crippen LogP contribution < -0.4 is 0 Å². The summed E-state index contributed by atoms with van der Waals surface area (Å²) in [5.74, 6) is -7.39. The van der Waals surface area contributed by atoms with Crippen LogP contribution in [0.2, 0.25) is 0 Å². The predicted molar refractivity (Wildman–Crippen MR) is 102 cm³/mol. The van der Waals surface area contributed by atoms with Crippen molar-refractivity contribution in [2.24, 2.45) is 0 Å². The molecule has 0 aromatic heterocycles. The van der Waals surface area contributed by atoms with Crippen molar-refractivity contribution in [1.82, 2.24) is 0 Å². The van der Waals surface area contributed by atoms with Crippen LogP contribution in [0, 0.1) is 11.6 Å².